The molecule has 2 aromatic rings. The summed E-state index contributed by atoms with van der Waals surface area (Å²) in [6, 6.07) is 14.8. The standard InChI is InChI=1S/C17H16Br2O2/c1-2-15(16(20)11-5-3-7-13(18)9-11)17(21)12-6-4-8-14(19)10-12/h2-10,15-17,20-21H,1H2. The minimum absolute atomic E-state index is 0.492. The molecule has 21 heavy (non-hydrogen) atoms. The third-order valence-corrected chi connectivity index (χ3v) is 4.37. The van der Waals surface area contributed by atoms with Crippen LogP contribution in [0.5, 0.6) is 0 Å². The minimum Gasteiger partial charge on any atom is -0.388 e. The van der Waals surface area contributed by atoms with Crippen molar-refractivity contribution < 1.29 is 10.2 Å². The molecule has 0 radical (unpaired) electrons. The van der Waals surface area contributed by atoms with Crippen molar-refractivity contribution >= 4 is 31.9 Å². The van der Waals surface area contributed by atoms with Gasteiger partial charge in [-0.15, -0.1) is 6.58 Å². The third-order valence-electron chi connectivity index (χ3n) is 3.38. The van der Waals surface area contributed by atoms with E-state index in [2.05, 4.69) is 38.4 Å². The maximum absolute atomic E-state index is 10.5. The molecule has 0 amide bonds. The summed E-state index contributed by atoms with van der Waals surface area (Å²) in [5.41, 5.74) is 1.48. The van der Waals surface area contributed by atoms with Crippen molar-refractivity contribution in [1.82, 2.24) is 0 Å². The lowest BCUT2D eigenvalue weighted by molar-refractivity contribution is 0.0352. The van der Waals surface area contributed by atoms with Gasteiger partial charge in [0, 0.05) is 14.9 Å². The molecule has 2 unspecified atom stereocenters. The molecule has 4 heteroatoms. The van der Waals surface area contributed by atoms with Gasteiger partial charge in [-0.3, -0.25) is 0 Å². The quantitative estimate of drug-likeness (QED) is 0.695. The maximum Gasteiger partial charge on any atom is 0.0881 e. The Balaban J connectivity index is 2.28. The van der Waals surface area contributed by atoms with Crippen LogP contribution in [0.2, 0.25) is 0 Å². The molecule has 2 atom stereocenters. The summed E-state index contributed by atoms with van der Waals surface area (Å²) in [4.78, 5) is 0. The highest BCUT2D eigenvalue weighted by atomic mass is 79.9. The van der Waals surface area contributed by atoms with E-state index in [0.717, 1.165) is 20.1 Å². The molecule has 0 aromatic heterocycles. The van der Waals surface area contributed by atoms with E-state index >= 15 is 0 Å². The monoisotopic (exact) mass is 410 g/mol. The van der Waals surface area contributed by atoms with Gasteiger partial charge < -0.3 is 10.2 Å². The summed E-state index contributed by atoms with van der Waals surface area (Å²) in [5, 5.41) is 21.1. The molecule has 110 valence electrons. The summed E-state index contributed by atoms with van der Waals surface area (Å²) < 4.78 is 1.78. The second-order valence-corrected chi connectivity index (χ2v) is 6.64. The van der Waals surface area contributed by atoms with Gasteiger partial charge >= 0.3 is 0 Å². The highest BCUT2D eigenvalue weighted by Crippen LogP contribution is 2.35. The molecular weight excluding hydrogens is 396 g/mol. The molecule has 2 nitrogen and oxygen atoms in total. The third kappa shape index (κ3) is 4.04. The Morgan fingerprint density at radius 2 is 1.29 bits per heavy atom. The van der Waals surface area contributed by atoms with Gasteiger partial charge in [-0.2, -0.15) is 0 Å². The van der Waals surface area contributed by atoms with Crippen molar-refractivity contribution in [2.75, 3.05) is 0 Å². The first-order valence-corrected chi connectivity index (χ1v) is 8.11. The van der Waals surface area contributed by atoms with Crippen LogP contribution < -0.4 is 0 Å². The molecular formula is C17H16Br2O2. The van der Waals surface area contributed by atoms with Gasteiger partial charge in [0.25, 0.3) is 0 Å². The van der Waals surface area contributed by atoms with E-state index < -0.39 is 18.1 Å². The van der Waals surface area contributed by atoms with Crippen LogP contribution in [0.25, 0.3) is 0 Å². The molecule has 0 aliphatic carbocycles. The predicted octanol–water partition coefficient (Wildman–Crippen LogP) is 4.78. The fourth-order valence-corrected chi connectivity index (χ4v) is 3.09. The number of aliphatic hydroxyl groups is 2. The fourth-order valence-electron chi connectivity index (χ4n) is 2.26. The number of hydrogen-bond acceptors (Lipinski definition) is 2. The van der Waals surface area contributed by atoms with Gasteiger partial charge in [-0.1, -0.05) is 62.2 Å². The Hall–Kier alpha value is -0.940. The van der Waals surface area contributed by atoms with E-state index in [1.165, 1.54) is 0 Å². The van der Waals surface area contributed by atoms with Gasteiger partial charge in [0.1, 0.15) is 0 Å². The van der Waals surface area contributed by atoms with Crippen molar-refractivity contribution in [2.45, 2.75) is 12.2 Å². The van der Waals surface area contributed by atoms with Crippen LogP contribution >= 0.6 is 31.9 Å². The minimum atomic E-state index is -0.825. The highest BCUT2D eigenvalue weighted by molar-refractivity contribution is 9.10. The first-order chi connectivity index (χ1) is 10.0. The Morgan fingerprint density at radius 1 is 0.857 bits per heavy atom. The second-order valence-electron chi connectivity index (χ2n) is 4.81. The predicted molar refractivity (Wildman–Crippen MR) is 91.9 cm³/mol. The zero-order valence-electron chi connectivity index (χ0n) is 11.3. The van der Waals surface area contributed by atoms with E-state index in [0.29, 0.717) is 0 Å². The lowest BCUT2D eigenvalue weighted by atomic mass is 9.87. The van der Waals surface area contributed by atoms with Crippen molar-refractivity contribution in [3.05, 3.63) is 81.3 Å². The summed E-state index contributed by atoms with van der Waals surface area (Å²) >= 11 is 6.77. The number of hydrogen-bond donors (Lipinski definition) is 2. The summed E-state index contributed by atoms with van der Waals surface area (Å²) in [7, 11) is 0. The first-order valence-electron chi connectivity index (χ1n) is 6.52. The normalized spacial score (nSPS) is 15.2. The van der Waals surface area contributed by atoms with Crippen LogP contribution in [0, 0.1) is 5.92 Å². The van der Waals surface area contributed by atoms with E-state index in [-0.39, 0.29) is 0 Å². The molecule has 2 aromatic carbocycles. The molecule has 0 aliphatic rings. The average molecular weight is 412 g/mol. The van der Waals surface area contributed by atoms with Gasteiger partial charge in [-0.25, -0.2) is 0 Å². The Bertz CT molecular complexity index is 576. The van der Waals surface area contributed by atoms with Crippen molar-refractivity contribution in [2.24, 2.45) is 5.92 Å². The molecule has 0 aliphatic heterocycles. The molecule has 0 fully saturated rings. The van der Waals surface area contributed by atoms with Crippen LogP contribution in [0.3, 0.4) is 0 Å². The Kier molecular flexibility index (Phi) is 5.76. The molecule has 0 saturated heterocycles. The van der Waals surface area contributed by atoms with Gasteiger partial charge in [0.2, 0.25) is 0 Å². The van der Waals surface area contributed by atoms with E-state index in [1.54, 1.807) is 6.08 Å². The van der Waals surface area contributed by atoms with Crippen LogP contribution in [0.1, 0.15) is 23.3 Å². The van der Waals surface area contributed by atoms with Crippen LogP contribution in [-0.4, -0.2) is 10.2 Å². The van der Waals surface area contributed by atoms with Gasteiger partial charge in [0.15, 0.2) is 0 Å². The molecule has 0 spiro atoms. The summed E-state index contributed by atoms with van der Waals surface area (Å²) in [6.07, 6.45) is -0.0556. The second kappa shape index (κ2) is 7.36. The zero-order chi connectivity index (χ0) is 15.4. The maximum atomic E-state index is 10.5. The molecule has 0 bridgehead atoms. The lowest BCUT2D eigenvalue weighted by Gasteiger charge is -2.25. The van der Waals surface area contributed by atoms with Crippen LogP contribution in [0.15, 0.2) is 70.1 Å². The van der Waals surface area contributed by atoms with Gasteiger partial charge in [0.05, 0.1) is 12.2 Å². The van der Waals surface area contributed by atoms with Crippen molar-refractivity contribution in [3.63, 3.8) is 0 Å². The van der Waals surface area contributed by atoms with E-state index in [1.807, 2.05) is 48.5 Å². The van der Waals surface area contributed by atoms with Crippen molar-refractivity contribution in [1.29, 1.82) is 0 Å². The molecule has 0 heterocycles. The lowest BCUT2D eigenvalue weighted by Crippen LogP contribution is -2.18. The van der Waals surface area contributed by atoms with Crippen molar-refractivity contribution in [3.8, 4) is 0 Å². The van der Waals surface area contributed by atoms with Crippen LogP contribution in [-0.2, 0) is 0 Å². The number of benzene rings is 2. The molecule has 2 rings (SSSR count). The number of rotatable bonds is 5. The van der Waals surface area contributed by atoms with E-state index in [9.17, 15) is 10.2 Å². The summed E-state index contributed by atoms with van der Waals surface area (Å²) in [6.45, 7) is 3.76. The average Bonchev–Trinajstić information content (AvgIpc) is 2.47. The van der Waals surface area contributed by atoms with E-state index in [4.69, 9.17) is 0 Å². The molecule has 2 N–H and O–H groups in total. The highest BCUT2D eigenvalue weighted by Gasteiger charge is 2.26. The topological polar surface area (TPSA) is 40.5 Å². The largest absolute Gasteiger partial charge is 0.388 e. The molecule has 0 saturated carbocycles. The smallest absolute Gasteiger partial charge is 0.0881 e. The van der Waals surface area contributed by atoms with Gasteiger partial charge in [-0.05, 0) is 35.4 Å². The summed E-state index contributed by atoms with van der Waals surface area (Å²) in [5.74, 6) is -0.492. The Morgan fingerprint density at radius 3 is 1.62 bits per heavy atom. The fraction of sp³-hybridized carbons (Fsp3) is 0.176. The number of aliphatic hydroxyl groups excluding tert-OH is 2. The first kappa shape index (κ1) is 16.4. The SMILES string of the molecule is C=CC(C(O)c1cccc(Br)c1)C(O)c1cccc(Br)c1. The Labute approximate surface area is 141 Å². The van der Waals surface area contributed by atoms with Crippen LogP contribution in [0.4, 0.5) is 0 Å². The number of halogens is 2. The zero-order valence-corrected chi connectivity index (χ0v) is 14.5.